The van der Waals surface area contributed by atoms with Crippen molar-refractivity contribution in [2.75, 3.05) is 0 Å². The summed E-state index contributed by atoms with van der Waals surface area (Å²) >= 11 is 0. The maximum absolute atomic E-state index is 12.7. The Morgan fingerprint density at radius 1 is 1.41 bits per heavy atom. The number of hydrogen-bond acceptors (Lipinski definition) is 5. The zero-order valence-electron chi connectivity index (χ0n) is 12.0. The van der Waals surface area contributed by atoms with Gasteiger partial charge in [0.15, 0.2) is 5.89 Å². The molecule has 0 saturated carbocycles. The van der Waals surface area contributed by atoms with Gasteiger partial charge in [-0.15, -0.1) is 0 Å². The minimum atomic E-state index is -0.285. The fourth-order valence-corrected chi connectivity index (χ4v) is 3.03. The van der Waals surface area contributed by atoms with Crippen LogP contribution in [0.5, 0.6) is 0 Å². The molecule has 22 heavy (non-hydrogen) atoms. The van der Waals surface area contributed by atoms with Crippen LogP contribution in [0.2, 0.25) is 0 Å². The molecule has 4 heterocycles. The first kappa shape index (κ1) is 12.8. The lowest BCUT2D eigenvalue weighted by molar-refractivity contribution is 0.481. The second-order valence-corrected chi connectivity index (χ2v) is 5.40. The van der Waals surface area contributed by atoms with Crippen molar-refractivity contribution in [3.8, 4) is 12.0 Å². The van der Waals surface area contributed by atoms with Gasteiger partial charge in [0.05, 0.1) is 17.1 Å². The molecule has 0 unspecified atom stereocenters. The maximum atomic E-state index is 12.7. The predicted molar refractivity (Wildman–Crippen MR) is 77.8 cm³/mol. The molecule has 1 aliphatic rings. The average molecular weight is 295 g/mol. The normalized spacial score (nSPS) is 14.0. The van der Waals surface area contributed by atoms with Crippen LogP contribution >= 0.6 is 0 Å². The van der Waals surface area contributed by atoms with Crippen LogP contribution in [-0.4, -0.2) is 19.3 Å². The van der Waals surface area contributed by atoms with E-state index in [0.717, 1.165) is 41.7 Å². The fourth-order valence-electron chi connectivity index (χ4n) is 3.03. The van der Waals surface area contributed by atoms with Crippen LogP contribution in [0.1, 0.15) is 30.1 Å². The third kappa shape index (κ3) is 1.70. The van der Waals surface area contributed by atoms with E-state index in [-0.39, 0.29) is 17.1 Å². The van der Waals surface area contributed by atoms with Gasteiger partial charge in [-0.05, 0) is 25.3 Å². The number of nitriles is 1. The Labute approximate surface area is 125 Å². The predicted octanol–water partition coefficient (Wildman–Crippen LogP) is 1.69. The second kappa shape index (κ2) is 4.56. The van der Waals surface area contributed by atoms with Crippen molar-refractivity contribution in [2.45, 2.75) is 32.7 Å². The lowest BCUT2D eigenvalue weighted by Gasteiger charge is -2.15. The molecule has 0 bridgehead atoms. The van der Waals surface area contributed by atoms with Gasteiger partial charge in [-0.1, -0.05) is 0 Å². The molecule has 0 aliphatic carbocycles. The number of fused-ring (bicyclic) bond motifs is 3. The number of aromatic nitrogens is 4. The summed E-state index contributed by atoms with van der Waals surface area (Å²) in [7, 11) is 0. The summed E-state index contributed by atoms with van der Waals surface area (Å²) in [6.07, 6.45) is 4.88. The van der Waals surface area contributed by atoms with Crippen LogP contribution in [0.3, 0.4) is 0 Å². The minimum Gasteiger partial charge on any atom is -0.422 e. The van der Waals surface area contributed by atoms with Crippen molar-refractivity contribution < 1.29 is 4.42 Å². The van der Waals surface area contributed by atoms with Crippen molar-refractivity contribution in [3.05, 3.63) is 39.9 Å². The number of nitrogens with zero attached hydrogens (tertiary/aromatic N) is 5. The highest BCUT2D eigenvalue weighted by molar-refractivity contribution is 5.80. The molecule has 3 aromatic rings. The van der Waals surface area contributed by atoms with E-state index in [0.29, 0.717) is 11.3 Å². The van der Waals surface area contributed by atoms with Gasteiger partial charge in [0.2, 0.25) is 5.69 Å². The Bertz CT molecular complexity index is 986. The van der Waals surface area contributed by atoms with Crippen LogP contribution in [0.4, 0.5) is 0 Å². The summed E-state index contributed by atoms with van der Waals surface area (Å²) in [6.45, 7) is 2.54. The largest absolute Gasteiger partial charge is 0.422 e. The van der Waals surface area contributed by atoms with E-state index < -0.39 is 0 Å². The Balaban J connectivity index is 1.99. The van der Waals surface area contributed by atoms with Gasteiger partial charge in [0.1, 0.15) is 6.07 Å². The highest BCUT2D eigenvalue weighted by Crippen LogP contribution is 2.23. The Hall–Kier alpha value is -2.88. The van der Waals surface area contributed by atoms with Crippen molar-refractivity contribution >= 4 is 10.9 Å². The Morgan fingerprint density at radius 2 is 2.27 bits per heavy atom. The summed E-state index contributed by atoms with van der Waals surface area (Å²) in [6, 6.07) is 3.85. The second-order valence-electron chi connectivity index (χ2n) is 5.40. The summed E-state index contributed by atoms with van der Waals surface area (Å²) in [4.78, 5) is 16.7. The topological polar surface area (TPSA) is 89.6 Å². The summed E-state index contributed by atoms with van der Waals surface area (Å²) in [5.74, 6) is 0.410. The molecule has 1 aliphatic heterocycles. The standard InChI is InChI=1S/C15H13N5O2/c1-9-18-12(7-16)15(22-9)20-14(21)11-6-10-4-2-3-5-19(10)13(11)8-17-20/h6,8H,2-5H2,1H3. The maximum Gasteiger partial charge on any atom is 0.283 e. The molecule has 0 N–H and O–H groups in total. The van der Waals surface area contributed by atoms with Crippen LogP contribution in [0.25, 0.3) is 16.8 Å². The molecule has 7 nitrogen and oxygen atoms in total. The van der Waals surface area contributed by atoms with Gasteiger partial charge in [0.25, 0.3) is 11.4 Å². The third-order valence-corrected chi connectivity index (χ3v) is 4.02. The zero-order chi connectivity index (χ0) is 15.3. The number of hydrogen-bond donors (Lipinski definition) is 0. The van der Waals surface area contributed by atoms with Crippen LogP contribution in [-0.2, 0) is 13.0 Å². The van der Waals surface area contributed by atoms with Crippen molar-refractivity contribution in [1.29, 1.82) is 5.26 Å². The Morgan fingerprint density at radius 3 is 3.09 bits per heavy atom. The molecule has 0 radical (unpaired) electrons. The molecule has 0 atom stereocenters. The van der Waals surface area contributed by atoms with Gasteiger partial charge < -0.3 is 8.98 Å². The van der Waals surface area contributed by atoms with Gasteiger partial charge in [0, 0.05) is 19.2 Å². The molecular weight excluding hydrogens is 282 g/mol. The summed E-state index contributed by atoms with van der Waals surface area (Å²) in [5.41, 5.74) is 1.78. The van der Waals surface area contributed by atoms with Crippen LogP contribution < -0.4 is 5.56 Å². The van der Waals surface area contributed by atoms with E-state index in [4.69, 9.17) is 9.68 Å². The van der Waals surface area contributed by atoms with Crippen molar-refractivity contribution in [1.82, 2.24) is 19.3 Å². The van der Waals surface area contributed by atoms with Gasteiger partial charge >= 0.3 is 0 Å². The molecule has 0 fully saturated rings. The van der Waals surface area contributed by atoms with Gasteiger partial charge in [-0.3, -0.25) is 4.79 Å². The van der Waals surface area contributed by atoms with Crippen molar-refractivity contribution in [2.24, 2.45) is 0 Å². The summed E-state index contributed by atoms with van der Waals surface area (Å²) < 4.78 is 8.65. The lowest BCUT2D eigenvalue weighted by Crippen LogP contribution is -2.21. The van der Waals surface area contributed by atoms with Crippen LogP contribution in [0, 0.1) is 18.3 Å². The van der Waals surface area contributed by atoms with E-state index in [1.54, 1.807) is 13.1 Å². The van der Waals surface area contributed by atoms with E-state index in [1.165, 1.54) is 0 Å². The first-order chi connectivity index (χ1) is 10.7. The quantitative estimate of drug-likeness (QED) is 0.681. The third-order valence-electron chi connectivity index (χ3n) is 4.02. The molecule has 110 valence electrons. The number of oxazole rings is 1. The first-order valence-corrected chi connectivity index (χ1v) is 7.17. The highest BCUT2D eigenvalue weighted by atomic mass is 16.4. The van der Waals surface area contributed by atoms with Gasteiger partial charge in [-0.2, -0.15) is 15.0 Å². The Kier molecular flexibility index (Phi) is 2.66. The number of rotatable bonds is 1. The van der Waals surface area contributed by atoms with Crippen LogP contribution in [0.15, 0.2) is 21.5 Å². The fraction of sp³-hybridized carbons (Fsp3) is 0.333. The van der Waals surface area contributed by atoms with E-state index in [2.05, 4.69) is 14.6 Å². The zero-order valence-corrected chi connectivity index (χ0v) is 12.0. The van der Waals surface area contributed by atoms with Crippen molar-refractivity contribution in [3.63, 3.8) is 0 Å². The molecule has 7 heteroatoms. The van der Waals surface area contributed by atoms with E-state index in [9.17, 15) is 4.79 Å². The number of aryl methyl sites for hydroxylation is 3. The molecule has 0 amide bonds. The monoisotopic (exact) mass is 295 g/mol. The molecular formula is C15H13N5O2. The van der Waals surface area contributed by atoms with Gasteiger partial charge in [-0.25, -0.2) is 4.98 Å². The van der Waals surface area contributed by atoms with E-state index in [1.807, 2.05) is 12.1 Å². The molecule has 3 aromatic heterocycles. The van der Waals surface area contributed by atoms with E-state index >= 15 is 0 Å². The smallest absolute Gasteiger partial charge is 0.283 e. The molecule has 0 aromatic carbocycles. The minimum absolute atomic E-state index is 0.0652. The molecule has 0 spiro atoms. The highest BCUT2D eigenvalue weighted by Gasteiger charge is 2.20. The lowest BCUT2D eigenvalue weighted by atomic mass is 10.1. The molecule has 4 rings (SSSR count). The summed E-state index contributed by atoms with van der Waals surface area (Å²) in [5, 5.41) is 13.9. The molecule has 0 saturated heterocycles. The first-order valence-electron chi connectivity index (χ1n) is 7.17. The average Bonchev–Trinajstić information content (AvgIpc) is 3.08. The SMILES string of the molecule is Cc1nc(C#N)c(-n2ncc3c(cc4n3CCCC4)c2=O)o1.